The maximum atomic E-state index is 5.22. The van der Waals surface area contributed by atoms with Crippen molar-refractivity contribution >= 4 is 21.7 Å². The van der Waals surface area contributed by atoms with Crippen LogP contribution in [-0.4, -0.2) is 15.0 Å². The Morgan fingerprint density at radius 3 is 1.54 bits per heavy atom. The molecule has 0 aliphatic carbocycles. The smallest absolute Gasteiger partial charge is 0.160 e. The molecule has 9 aromatic rings. The van der Waals surface area contributed by atoms with Crippen LogP contribution < -0.4 is 0 Å². The molecule has 0 spiro atoms. The van der Waals surface area contributed by atoms with Crippen molar-refractivity contribution in [3.63, 3.8) is 0 Å². The number of pyridine rings is 1. The van der Waals surface area contributed by atoms with Crippen molar-refractivity contribution in [1.29, 1.82) is 0 Å². The summed E-state index contributed by atoms with van der Waals surface area (Å²) in [6, 6.07) is 65.6. The SMILES string of the molecule is c1ccc(-c2cccc(-c3cc(-c4ccccc4)nc(-c4cccc(-c5cc(-c6ccccc6)nc6ccc7ccccc7c56)c4)n3)c2)cc1. The van der Waals surface area contributed by atoms with Gasteiger partial charge in [-0.05, 0) is 63.4 Å². The Morgan fingerprint density at radius 2 is 0.820 bits per heavy atom. The Kier molecular flexibility index (Phi) is 7.49. The molecule has 0 bridgehead atoms. The van der Waals surface area contributed by atoms with Crippen molar-refractivity contribution in [3.05, 3.63) is 188 Å². The van der Waals surface area contributed by atoms with Crippen LogP contribution in [-0.2, 0) is 0 Å². The molecule has 2 heterocycles. The maximum Gasteiger partial charge on any atom is 0.160 e. The Bertz CT molecular complexity index is 2630. The number of nitrogens with zero attached hydrogens (tertiary/aromatic N) is 3. The van der Waals surface area contributed by atoms with E-state index in [0.717, 1.165) is 66.9 Å². The average molecular weight is 638 g/mol. The van der Waals surface area contributed by atoms with Crippen molar-refractivity contribution in [2.75, 3.05) is 0 Å². The summed E-state index contributed by atoms with van der Waals surface area (Å²) in [4.78, 5) is 15.5. The van der Waals surface area contributed by atoms with Crippen molar-refractivity contribution in [1.82, 2.24) is 15.0 Å². The largest absolute Gasteiger partial charge is 0.248 e. The number of fused-ring (bicyclic) bond motifs is 3. The molecular weight excluding hydrogens is 607 g/mol. The lowest BCUT2D eigenvalue weighted by atomic mass is 9.93. The highest BCUT2D eigenvalue weighted by Crippen LogP contribution is 2.38. The Labute approximate surface area is 291 Å². The summed E-state index contributed by atoms with van der Waals surface area (Å²) in [7, 11) is 0. The highest BCUT2D eigenvalue weighted by Gasteiger charge is 2.16. The lowest BCUT2D eigenvalue weighted by Gasteiger charge is -2.14. The predicted molar refractivity (Wildman–Crippen MR) is 207 cm³/mol. The van der Waals surface area contributed by atoms with Crippen molar-refractivity contribution < 1.29 is 0 Å². The van der Waals surface area contributed by atoms with E-state index in [9.17, 15) is 0 Å². The minimum Gasteiger partial charge on any atom is -0.248 e. The fourth-order valence-corrected chi connectivity index (χ4v) is 6.79. The molecule has 234 valence electrons. The van der Waals surface area contributed by atoms with E-state index in [-0.39, 0.29) is 0 Å². The van der Waals surface area contributed by atoms with Gasteiger partial charge in [0.25, 0.3) is 0 Å². The summed E-state index contributed by atoms with van der Waals surface area (Å²) in [6.45, 7) is 0. The van der Waals surface area contributed by atoms with E-state index in [1.807, 2.05) is 18.2 Å². The Hall–Kier alpha value is -6.71. The van der Waals surface area contributed by atoms with Gasteiger partial charge in [0.15, 0.2) is 5.82 Å². The van der Waals surface area contributed by atoms with Gasteiger partial charge in [0.05, 0.1) is 22.6 Å². The summed E-state index contributed by atoms with van der Waals surface area (Å²) in [5.74, 6) is 0.680. The molecule has 0 N–H and O–H groups in total. The van der Waals surface area contributed by atoms with E-state index in [1.165, 1.54) is 16.3 Å². The van der Waals surface area contributed by atoms with Gasteiger partial charge in [-0.2, -0.15) is 0 Å². The summed E-state index contributed by atoms with van der Waals surface area (Å²) < 4.78 is 0. The second kappa shape index (κ2) is 12.7. The molecular formula is C47H31N3. The molecule has 0 radical (unpaired) electrons. The summed E-state index contributed by atoms with van der Waals surface area (Å²) in [6.07, 6.45) is 0. The fourth-order valence-electron chi connectivity index (χ4n) is 6.79. The highest BCUT2D eigenvalue weighted by atomic mass is 14.9. The molecule has 0 saturated carbocycles. The van der Waals surface area contributed by atoms with Gasteiger partial charge < -0.3 is 0 Å². The van der Waals surface area contributed by atoms with Gasteiger partial charge in [0, 0.05) is 27.6 Å². The highest BCUT2D eigenvalue weighted by molar-refractivity contribution is 6.14. The topological polar surface area (TPSA) is 38.7 Å². The molecule has 50 heavy (non-hydrogen) atoms. The molecule has 0 aliphatic heterocycles. The number of hydrogen-bond acceptors (Lipinski definition) is 3. The van der Waals surface area contributed by atoms with Crippen LogP contribution in [0.3, 0.4) is 0 Å². The molecule has 9 rings (SSSR count). The average Bonchev–Trinajstić information content (AvgIpc) is 3.21. The zero-order valence-corrected chi connectivity index (χ0v) is 27.2. The first-order valence-electron chi connectivity index (χ1n) is 16.9. The maximum absolute atomic E-state index is 5.22. The van der Waals surface area contributed by atoms with Crippen LogP contribution in [0.25, 0.3) is 89.1 Å². The van der Waals surface area contributed by atoms with Crippen molar-refractivity contribution in [2.24, 2.45) is 0 Å². The van der Waals surface area contributed by atoms with Gasteiger partial charge in [-0.3, -0.25) is 0 Å². The third-order valence-electron chi connectivity index (χ3n) is 9.26. The molecule has 3 nitrogen and oxygen atoms in total. The van der Waals surface area contributed by atoms with Crippen LogP contribution in [0.4, 0.5) is 0 Å². The van der Waals surface area contributed by atoms with E-state index >= 15 is 0 Å². The molecule has 0 atom stereocenters. The molecule has 0 saturated heterocycles. The first kappa shape index (κ1) is 29.4. The van der Waals surface area contributed by atoms with Gasteiger partial charge >= 0.3 is 0 Å². The fraction of sp³-hybridized carbons (Fsp3) is 0. The molecule has 0 unspecified atom stereocenters. The summed E-state index contributed by atoms with van der Waals surface area (Å²) >= 11 is 0. The second-order valence-corrected chi connectivity index (χ2v) is 12.5. The van der Waals surface area contributed by atoms with Gasteiger partial charge in [0.1, 0.15) is 0 Å². The van der Waals surface area contributed by atoms with Crippen LogP contribution >= 0.6 is 0 Å². The summed E-state index contributed by atoms with van der Waals surface area (Å²) in [5, 5.41) is 3.51. The van der Waals surface area contributed by atoms with Gasteiger partial charge in [-0.25, -0.2) is 15.0 Å². The van der Waals surface area contributed by atoms with E-state index in [4.69, 9.17) is 15.0 Å². The van der Waals surface area contributed by atoms with Crippen molar-refractivity contribution in [2.45, 2.75) is 0 Å². The number of benzene rings is 7. The quantitative estimate of drug-likeness (QED) is 0.170. The molecule has 0 aliphatic rings. The minimum atomic E-state index is 0.680. The van der Waals surface area contributed by atoms with E-state index in [0.29, 0.717) is 5.82 Å². The lowest BCUT2D eigenvalue weighted by Crippen LogP contribution is -1.97. The van der Waals surface area contributed by atoms with Crippen LogP contribution in [0.1, 0.15) is 0 Å². The van der Waals surface area contributed by atoms with E-state index in [2.05, 4.69) is 170 Å². The molecule has 0 fully saturated rings. The third kappa shape index (κ3) is 5.61. The first-order chi connectivity index (χ1) is 24.8. The number of aromatic nitrogens is 3. The number of rotatable bonds is 6. The van der Waals surface area contributed by atoms with Gasteiger partial charge in [-0.1, -0.05) is 158 Å². The zero-order chi connectivity index (χ0) is 33.3. The monoisotopic (exact) mass is 637 g/mol. The van der Waals surface area contributed by atoms with Crippen LogP contribution in [0.2, 0.25) is 0 Å². The Balaban J connectivity index is 1.24. The van der Waals surface area contributed by atoms with E-state index in [1.54, 1.807) is 0 Å². The molecule has 3 heteroatoms. The number of hydrogen-bond donors (Lipinski definition) is 0. The third-order valence-corrected chi connectivity index (χ3v) is 9.26. The second-order valence-electron chi connectivity index (χ2n) is 12.5. The zero-order valence-electron chi connectivity index (χ0n) is 27.2. The predicted octanol–water partition coefficient (Wildman–Crippen LogP) is 12.2. The minimum absolute atomic E-state index is 0.680. The van der Waals surface area contributed by atoms with Crippen LogP contribution in [0.15, 0.2) is 188 Å². The van der Waals surface area contributed by atoms with Crippen LogP contribution in [0, 0.1) is 0 Å². The standard InChI is InChI=1S/C47H31N3/c1-4-14-32(15-5-1)36-21-12-23-38(28-36)45-31-44(35-19-8-3-9-20-35)49-47(50-45)39-24-13-22-37(29-39)41-30-43(34-17-6-2-7-18-34)48-42-27-26-33-16-10-11-25-40(33)46(41)42/h1-31H. The van der Waals surface area contributed by atoms with E-state index < -0.39 is 0 Å². The molecule has 0 amide bonds. The lowest BCUT2D eigenvalue weighted by molar-refractivity contribution is 1.18. The first-order valence-corrected chi connectivity index (χ1v) is 16.9. The Morgan fingerprint density at radius 1 is 0.300 bits per heavy atom. The molecule has 7 aromatic carbocycles. The van der Waals surface area contributed by atoms with Crippen molar-refractivity contribution in [3.8, 4) is 67.4 Å². The van der Waals surface area contributed by atoms with Gasteiger partial charge in [-0.15, -0.1) is 0 Å². The molecule has 2 aromatic heterocycles. The van der Waals surface area contributed by atoms with Crippen LogP contribution in [0.5, 0.6) is 0 Å². The summed E-state index contributed by atoms with van der Waals surface area (Å²) in [5.41, 5.74) is 12.3. The van der Waals surface area contributed by atoms with Gasteiger partial charge in [0.2, 0.25) is 0 Å². The normalized spacial score (nSPS) is 11.2.